The van der Waals surface area contributed by atoms with Gasteiger partial charge in [-0.25, -0.2) is 9.13 Å². The lowest BCUT2D eigenvalue weighted by atomic mass is 10.0. The fourth-order valence-electron chi connectivity index (χ4n) is 10.9. The van der Waals surface area contributed by atoms with Crippen LogP contribution in [0.5, 0.6) is 0 Å². The van der Waals surface area contributed by atoms with Crippen molar-refractivity contribution in [2.45, 2.75) is 387 Å². The van der Waals surface area contributed by atoms with Gasteiger partial charge in [0.15, 0.2) is 12.2 Å². The molecule has 91 heavy (non-hydrogen) atoms. The predicted octanol–water partition coefficient (Wildman–Crippen LogP) is 20.8. The molecule has 0 bridgehead atoms. The van der Waals surface area contributed by atoms with Gasteiger partial charge in [0.25, 0.3) is 0 Å². The second-order valence-corrected chi connectivity index (χ2v) is 29.8. The highest BCUT2D eigenvalue weighted by Crippen LogP contribution is 2.45. The molecule has 0 aromatic carbocycles. The topological polar surface area (TPSA) is 237 Å². The largest absolute Gasteiger partial charge is 0.472 e. The first-order valence-electron chi connectivity index (χ1n) is 37.5. The summed E-state index contributed by atoms with van der Waals surface area (Å²) in [5.41, 5.74) is 0. The van der Waals surface area contributed by atoms with Crippen molar-refractivity contribution >= 4 is 39.5 Å². The van der Waals surface area contributed by atoms with Gasteiger partial charge in [-0.2, -0.15) is 0 Å². The highest BCUT2D eigenvalue weighted by Gasteiger charge is 2.30. The summed E-state index contributed by atoms with van der Waals surface area (Å²) in [7, 11) is -9.90. The third kappa shape index (κ3) is 66.5. The Hall–Kier alpha value is -1.94. The first-order valence-corrected chi connectivity index (χ1v) is 40.5. The third-order valence-electron chi connectivity index (χ3n) is 16.7. The van der Waals surface area contributed by atoms with E-state index in [2.05, 4.69) is 41.5 Å². The Morgan fingerprint density at radius 3 is 0.747 bits per heavy atom. The molecule has 19 heteroatoms. The van der Waals surface area contributed by atoms with Gasteiger partial charge in [0.1, 0.15) is 19.3 Å². The summed E-state index contributed by atoms with van der Waals surface area (Å²) in [6.45, 7) is 9.58. The van der Waals surface area contributed by atoms with Gasteiger partial charge in [0, 0.05) is 25.7 Å². The standard InChI is InChI=1S/C72H140O17P2/c1-7-9-11-13-15-17-31-38-44-50-56-71(76)88-67(60-82-69(74)54-48-42-36-28-16-14-12-10-8-2)62-86-90(78,79)84-58-66(73)59-85-91(80,81)87-63-68(61-83-70(75)55-49-43-37-32-26-23-22-25-30-35-41-47-53-65(5)6)89-72(77)57-51-45-39-33-27-21-19-18-20-24-29-34-40-46-52-64(3)4/h64-68,73H,7-63H2,1-6H3,(H,78,79)(H,80,81)/t66-,67+,68+/m0/s1. The van der Waals surface area contributed by atoms with E-state index in [0.717, 1.165) is 102 Å². The van der Waals surface area contributed by atoms with Crippen molar-refractivity contribution in [2.24, 2.45) is 11.8 Å². The Balaban J connectivity index is 5.22. The molecule has 0 rings (SSSR count). The van der Waals surface area contributed by atoms with Crippen LogP contribution in [0.2, 0.25) is 0 Å². The molecule has 0 saturated heterocycles. The number of phosphoric acid groups is 2. The lowest BCUT2D eigenvalue weighted by Gasteiger charge is -2.21. The first kappa shape index (κ1) is 89.1. The number of phosphoric ester groups is 2. The minimum Gasteiger partial charge on any atom is -0.462 e. The Morgan fingerprint density at radius 2 is 0.505 bits per heavy atom. The molecule has 5 atom stereocenters. The summed E-state index contributed by atoms with van der Waals surface area (Å²) in [6, 6.07) is 0. The molecule has 0 aromatic heterocycles. The molecule has 0 aliphatic heterocycles. The molecule has 0 heterocycles. The highest BCUT2D eigenvalue weighted by molar-refractivity contribution is 7.47. The van der Waals surface area contributed by atoms with Gasteiger partial charge in [-0.05, 0) is 37.5 Å². The van der Waals surface area contributed by atoms with Gasteiger partial charge in [0.2, 0.25) is 0 Å². The number of unbranched alkanes of at least 4 members (excludes halogenated alkanes) is 41. The van der Waals surface area contributed by atoms with E-state index < -0.39 is 97.5 Å². The van der Waals surface area contributed by atoms with Crippen LogP contribution in [0.3, 0.4) is 0 Å². The number of esters is 4. The van der Waals surface area contributed by atoms with Crippen molar-refractivity contribution in [1.29, 1.82) is 0 Å². The van der Waals surface area contributed by atoms with E-state index in [1.165, 1.54) is 186 Å². The number of aliphatic hydroxyl groups is 1. The lowest BCUT2D eigenvalue weighted by Crippen LogP contribution is -2.30. The van der Waals surface area contributed by atoms with Crippen LogP contribution < -0.4 is 0 Å². The second-order valence-electron chi connectivity index (χ2n) is 26.9. The molecule has 0 aromatic rings. The van der Waals surface area contributed by atoms with Crippen molar-refractivity contribution in [2.75, 3.05) is 39.6 Å². The normalized spacial score (nSPS) is 14.1. The fourth-order valence-corrected chi connectivity index (χ4v) is 12.5. The molecular weight excluding hydrogens is 1200 g/mol. The second kappa shape index (κ2) is 64.1. The summed E-state index contributed by atoms with van der Waals surface area (Å²) in [6.07, 6.45) is 49.9. The summed E-state index contributed by atoms with van der Waals surface area (Å²) in [5, 5.41) is 10.6. The van der Waals surface area contributed by atoms with E-state index in [-0.39, 0.29) is 25.7 Å². The third-order valence-corrected chi connectivity index (χ3v) is 18.6. The van der Waals surface area contributed by atoms with Crippen LogP contribution in [0.25, 0.3) is 0 Å². The van der Waals surface area contributed by atoms with Crippen molar-refractivity contribution in [3.8, 4) is 0 Å². The number of hydrogen-bond acceptors (Lipinski definition) is 15. The predicted molar refractivity (Wildman–Crippen MR) is 368 cm³/mol. The Bertz CT molecular complexity index is 1770. The van der Waals surface area contributed by atoms with Crippen LogP contribution in [0, 0.1) is 11.8 Å². The van der Waals surface area contributed by atoms with Gasteiger partial charge in [-0.1, -0.05) is 318 Å². The highest BCUT2D eigenvalue weighted by atomic mass is 31.2. The first-order chi connectivity index (χ1) is 43.9. The van der Waals surface area contributed by atoms with E-state index >= 15 is 0 Å². The van der Waals surface area contributed by atoms with E-state index in [1.54, 1.807) is 0 Å². The molecule has 0 saturated carbocycles. The summed E-state index contributed by atoms with van der Waals surface area (Å²) in [4.78, 5) is 72.5. The maximum absolute atomic E-state index is 13.0. The molecule has 0 radical (unpaired) electrons. The zero-order chi connectivity index (χ0) is 67.2. The van der Waals surface area contributed by atoms with Gasteiger partial charge in [-0.3, -0.25) is 37.3 Å². The van der Waals surface area contributed by atoms with Crippen LogP contribution in [0.4, 0.5) is 0 Å². The van der Waals surface area contributed by atoms with Gasteiger partial charge >= 0.3 is 39.5 Å². The lowest BCUT2D eigenvalue weighted by molar-refractivity contribution is -0.161. The van der Waals surface area contributed by atoms with Crippen molar-refractivity contribution in [3.63, 3.8) is 0 Å². The Labute approximate surface area is 556 Å². The van der Waals surface area contributed by atoms with E-state index in [4.69, 9.17) is 37.0 Å². The quantitative estimate of drug-likeness (QED) is 0.0222. The van der Waals surface area contributed by atoms with E-state index in [0.29, 0.717) is 25.7 Å². The van der Waals surface area contributed by atoms with Gasteiger partial charge < -0.3 is 33.8 Å². The van der Waals surface area contributed by atoms with E-state index in [9.17, 15) is 43.2 Å². The zero-order valence-corrected chi connectivity index (χ0v) is 60.9. The molecule has 0 aliphatic rings. The average molecular weight is 1340 g/mol. The minimum atomic E-state index is -4.95. The van der Waals surface area contributed by atoms with Gasteiger partial charge in [0.05, 0.1) is 26.4 Å². The SMILES string of the molecule is CCCCCCCCCCCCC(=O)O[C@H](COC(=O)CCCCCCCCCCC)COP(=O)(O)OC[C@H](O)COP(=O)(O)OC[C@@H](COC(=O)CCCCCCCCCCCCCCC(C)C)OC(=O)CCCCCCCCCCCCCCCCC(C)C. The zero-order valence-electron chi connectivity index (χ0n) is 59.1. The maximum Gasteiger partial charge on any atom is 0.472 e. The Kier molecular flexibility index (Phi) is 62.7. The van der Waals surface area contributed by atoms with Crippen LogP contribution in [0.15, 0.2) is 0 Å². The minimum absolute atomic E-state index is 0.106. The van der Waals surface area contributed by atoms with Crippen molar-refractivity contribution in [1.82, 2.24) is 0 Å². The monoisotopic (exact) mass is 1340 g/mol. The number of hydrogen-bond donors (Lipinski definition) is 3. The Morgan fingerprint density at radius 1 is 0.297 bits per heavy atom. The summed E-state index contributed by atoms with van der Waals surface area (Å²) < 4.78 is 68.3. The van der Waals surface area contributed by atoms with Gasteiger partial charge in [-0.15, -0.1) is 0 Å². The van der Waals surface area contributed by atoms with Crippen molar-refractivity contribution < 1.29 is 80.2 Å². The molecule has 0 spiro atoms. The molecule has 0 fully saturated rings. The van der Waals surface area contributed by atoms with Crippen LogP contribution in [-0.2, 0) is 65.4 Å². The fraction of sp³-hybridized carbons (Fsp3) is 0.944. The maximum atomic E-state index is 13.0. The summed E-state index contributed by atoms with van der Waals surface area (Å²) in [5.74, 6) is -0.545. The number of rotatable bonds is 71. The number of ether oxygens (including phenoxy) is 4. The number of carbonyl (C=O) groups excluding carboxylic acids is 4. The van der Waals surface area contributed by atoms with Crippen molar-refractivity contribution in [3.05, 3.63) is 0 Å². The van der Waals surface area contributed by atoms with Crippen LogP contribution in [0.1, 0.15) is 369 Å². The molecule has 17 nitrogen and oxygen atoms in total. The summed E-state index contributed by atoms with van der Waals surface area (Å²) >= 11 is 0. The van der Waals surface area contributed by atoms with E-state index in [1.807, 2.05) is 0 Å². The number of carbonyl (C=O) groups is 4. The molecular formula is C72H140O17P2. The van der Waals surface area contributed by atoms with Crippen LogP contribution in [-0.4, -0.2) is 96.7 Å². The average Bonchev–Trinajstić information content (AvgIpc) is 2.07. The molecule has 0 aliphatic carbocycles. The number of aliphatic hydroxyl groups excluding tert-OH is 1. The smallest absolute Gasteiger partial charge is 0.462 e. The molecule has 0 amide bonds. The molecule has 2 unspecified atom stereocenters. The molecule has 3 N–H and O–H groups in total. The van der Waals surface area contributed by atoms with Crippen LogP contribution >= 0.6 is 15.6 Å². The molecule has 540 valence electrons.